The van der Waals surface area contributed by atoms with Gasteiger partial charge in [-0.1, -0.05) is 0 Å². The Hall–Kier alpha value is -2.44. The number of aromatic nitrogens is 4. The molecule has 2 aromatic rings. The second kappa shape index (κ2) is 6.59. The first-order chi connectivity index (χ1) is 11.4. The number of hydrogen-bond donors (Lipinski definition) is 1. The number of rotatable bonds is 3. The Bertz CT molecular complexity index is 708. The van der Waals surface area contributed by atoms with Crippen LogP contribution >= 0.6 is 0 Å². The summed E-state index contributed by atoms with van der Waals surface area (Å²) >= 11 is 0. The molecule has 0 unspecified atom stereocenters. The van der Waals surface area contributed by atoms with Crippen LogP contribution in [0, 0.1) is 27.7 Å². The zero-order chi connectivity index (χ0) is 17.3. The summed E-state index contributed by atoms with van der Waals surface area (Å²) in [5.74, 6) is 1.38. The molecular weight excluding hydrogens is 306 g/mol. The quantitative estimate of drug-likeness (QED) is 0.932. The molecule has 0 aliphatic carbocycles. The van der Waals surface area contributed by atoms with Crippen molar-refractivity contribution in [2.45, 2.75) is 46.6 Å². The normalized spacial score (nSPS) is 15.6. The lowest BCUT2D eigenvalue weighted by molar-refractivity contribution is 0.0586. The van der Waals surface area contributed by atoms with E-state index in [0.29, 0.717) is 30.4 Å². The van der Waals surface area contributed by atoms with Gasteiger partial charge < -0.3 is 9.64 Å². The Balaban J connectivity index is 1.60. The first kappa shape index (κ1) is 16.4. The van der Waals surface area contributed by atoms with Crippen molar-refractivity contribution in [2.75, 3.05) is 13.1 Å². The number of hydrogen-bond acceptors (Lipinski definition) is 5. The van der Waals surface area contributed by atoms with Crippen molar-refractivity contribution >= 4 is 5.91 Å². The monoisotopic (exact) mass is 329 g/mol. The topological polar surface area (TPSA) is 84.0 Å². The predicted octanol–water partition coefficient (Wildman–Crippen LogP) is 2.12. The molecule has 1 amide bonds. The summed E-state index contributed by atoms with van der Waals surface area (Å²) in [6.07, 6.45) is 1.67. The van der Waals surface area contributed by atoms with Crippen molar-refractivity contribution in [3.63, 3.8) is 0 Å². The Kier molecular flexibility index (Phi) is 4.51. The van der Waals surface area contributed by atoms with Gasteiger partial charge >= 0.3 is 0 Å². The van der Waals surface area contributed by atoms with E-state index in [9.17, 15) is 4.79 Å². The fraction of sp³-hybridized carbons (Fsp3) is 0.529. The van der Waals surface area contributed by atoms with E-state index in [4.69, 9.17) is 4.74 Å². The molecule has 7 nitrogen and oxygen atoms in total. The van der Waals surface area contributed by atoms with Crippen molar-refractivity contribution in [2.24, 2.45) is 0 Å². The number of aryl methyl sites for hydroxylation is 4. The lowest BCUT2D eigenvalue weighted by Crippen LogP contribution is -2.42. The first-order valence-corrected chi connectivity index (χ1v) is 8.24. The molecule has 128 valence electrons. The molecule has 1 fully saturated rings. The van der Waals surface area contributed by atoms with Crippen LogP contribution in [0.2, 0.25) is 0 Å². The average Bonchev–Trinajstić information content (AvgIpc) is 2.85. The Morgan fingerprint density at radius 3 is 2.50 bits per heavy atom. The van der Waals surface area contributed by atoms with Gasteiger partial charge in [0.05, 0.1) is 11.3 Å². The third kappa shape index (κ3) is 3.39. The van der Waals surface area contributed by atoms with Gasteiger partial charge in [0.1, 0.15) is 11.9 Å². The lowest BCUT2D eigenvalue weighted by atomic mass is 10.1. The number of nitrogens with zero attached hydrogens (tertiary/aromatic N) is 4. The summed E-state index contributed by atoms with van der Waals surface area (Å²) in [5.41, 5.74) is 3.16. The lowest BCUT2D eigenvalue weighted by Gasteiger charge is -2.32. The van der Waals surface area contributed by atoms with Gasteiger partial charge in [-0.2, -0.15) is 10.1 Å². The molecule has 3 rings (SSSR count). The number of aromatic amines is 1. The zero-order valence-corrected chi connectivity index (χ0v) is 14.6. The molecule has 0 radical (unpaired) electrons. The summed E-state index contributed by atoms with van der Waals surface area (Å²) in [6.45, 7) is 8.87. The van der Waals surface area contributed by atoms with Gasteiger partial charge in [-0.3, -0.25) is 9.89 Å². The number of piperidine rings is 1. The van der Waals surface area contributed by atoms with Crippen LogP contribution in [-0.2, 0) is 0 Å². The molecule has 1 aliphatic heterocycles. The number of carbonyl (C=O) groups is 1. The van der Waals surface area contributed by atoms with Gasteiger partial charge in [0.15, 0.2) is 0 Å². The molecule has 1 N–H and O–H groups in total. The second-order valence-corrected chi connectivity index (χ2v) is 6.31. The highest BCUT2D eigenvalue weighted by Crippen LogP contribution is 2.21. The number of H-pyrrole nitrogens is 1. The van der Waals surface area contributed by atoms with Crippen LogP contribution in [0.4, 0.5) is 0 Å². The van der Waals surface area contributed by atoms with Gasteiger partial charge in [-0.25, -0.2) is 4.98 Å². The van der Waals surface area contributed by atoms with Crippen LogP contribution in [0.5, 0.6) is 5.88 Å². The first-order valence-electron chi connectivity index (χ1n) is 8.24. The van der Waals surface area contributed by atoms with E-state index in [0.717, 1.165) is 29.9 Å². The van der Waals surface area contributed by atoms with Crippen LogP contribution in [0.25, 0.3) is 0 Å². The van der Waals surface area contributed by atoms with Crippen molar-refractivity contribution < 1.29 is 9.53 Å². The summed E-state index contributed by atoms with van der Waals surface area (Å²) < 4.78 is 5.98. The van der Waals surface area contributed by atoms with Crippen LogP contribution in [-0.4, -0.2) is 50.2 Å². The number of carbonyl (C=O) groups excluding carboxylic acids is 1. The summed E-state index contributed by atoms with van der Waals surface area (Å²) in [6, 6.07) is 1.85. The third-order valence-electron chi connectivity index (χ3n) is 4.30. The number of ether oxygens (including phenoxy) is 1. The Labute approximate surface area is 141 Å². The summed E-state index contributed by atoms with van der Waals surface area (Å²) in [5, 5.41) is 6.98. The van der Waals surface area contributed by atoms with Gasteiger partial charge in [-0.15, -0.1) is 0 Å². The average molecular weight is 329 g/mol. The summed E-state index contributed by atoms with van der Waals surface area (Å²) in [4.78, 5) is 23.1. The molecule has 0 bridgehead atoms. The largest absolute Gasteiger partial charge is 0.474 e. The van der Waals surface area contributed by atoms with Crippen molar-refractivity contribution in [3.05, 3.63) is 34.5 Å². The molecule has 0 spiro atoms. The van der Waals surface area contributed by atoms with Gasteiger partial charge in [0, 0.05) is 43.4 Å². The molecule has 0 atom stereocenters. The van der Waals surface area contributed by atoms with Crippen LogP contribution in [0.15, 0.2) is 6.07 Å². The van der Waals surface area contributed by atoms with E-state index in [2.05, 4.69) is 20.2 Å². The highest BCUT2D eigenvalue weighted by atomic mass is 16.5. The van der Waals surface area contributed by atoms with Gasteiger partial charge in [0.2, 0.25) is 5.88 Å². The minimum atomic E-state index is 0.0472. The predicted molar refractivity (Wildman–Crippen MR) is 89.1 cm³/mol. The fourth-order valence-electron chi connectivity index (χ4n) is 3.11. The standard InChI is InChI=1S/C17H23N5O2/c1-10-9-15(19-13(4)18-10)24-14-5-7-22(8-6-14)17(23)16-11(2)20-21-12(16)3/h9,14H,5-8H2,1-4H3,(H,20,21). The molecule has 24 heavy (non-hydrogen) atoms. The van der Waals surface area contributed by atoms with E-state index in [1.54, 1.807) is 0 Å². The highest BCUT2D eigenvalue weighted by molar-refractivity contribution is 5.96. The maximum absolute atomic E-state index is 12.7. The van der Waals surface area contributed by atoms with E-state index in [1.165, 1.54) is 0 Å². The van der Waals surface area contributed by atoms with E-state index >= 15 is 0 Å². The van der Waals surface area contributed by atoms with E-state index in [-0.39, 0.29) is 12.0 Å². The maximum atomic E-state index is 12.7. The Morgan fingerprint density at radius 1 is 1.21 bits per heavy atom. The number of nitrogens with one attached hydrogen (secondary N) is 1. The number of likely N-dealkylation sites (tertiary alicyclic amines) is 1. The zero-order valence-electron chi connectivity index (χ0n) is 14.6. The van der Waals surface area contributed by atoms with Gasteiger partial charge in [-0.05, 0) is 27.7 Å². The van der Waals surface area contributed by atoms with Crippen LogP contribution < -0.4 is 4.74 Å². The van der Waals surface area contributed by atoms with Crippen molar-refractivity contribution in [1.82, 2.24) is 25.1 Å². The highest BCUT2D eigenvalue weighted by Gasteiger charge is 2.27. The SMILES string of the molecule is Cc1cc(OC2CCN(C(=O)c3c(C)n[nH]c3C)CC2)nc(C)n1. The molecule has 2 aromatic heterocycles. The van der Waals surface area contributed by atoms with E-state index < -0.39 is 0 Å². The molecular formula is C17H23N5O2. The molecule has 3 heterocycles. The van der Waals surface area contributed by atoms with Crippen LogP contribution in [0.1, 0.15) is 46.1 Å². The molecule has 0 aromatic carbocycles. The smallest absolute Gasteiger partial charge is 0.257 e. The molecule has 1 aliphatic rings. The maximum Gasteiger partial charge on any atom is 0.257 e. The van der Waals surface area contributed by atoms with E-state index in [1.807, 2.05) is 38.7 Å². The van der Waals surface area contributed by atoms with Gasteiger partial charge in [0.25, 0.3) is 5.91 Å². The van der Waals surface area contributed by atoms with Crippen molar-refractivity contribution in [3.8, 4) is 5.88 Å². The molecule has 7 heteroatoms. The van der Waals surface area contributed by atoms with Crippen LogP contribution in [0.3, 0.4) is 0 Å². The molecule has 0 saturated carbocycles. The summed E-state index contributed by atoms with van der Waals surface area (Å²) in [7, 11) is 0. The Morgan fingerprint density at radius 2 is 1.92 bits per heavy atom. The minimum Gasteiger partial charge on any atom is -0.474 e. The van der Waals surface area contributed by atoms with Crippen molar-refractivity contribution in [1.29, 1.82) is 0 Å². The second-order valence-electron chi connectivity index (χ2n) is 6.31. The fourth-order valence-corrected chi connectivity index (χ4v) is 3.11. The molecule has 1 saturated heterocycles. The minimum absolute atomic E-state index is 0.0472. The third-order valence-corrected chi connectivity index (χ3v) is 4.30. The number of amides is 1.